The van der Waals surface area contributed by atoms with E-state index in [-0.39, 0.29) is 18.8 Å². The molecule has 2 rings (SSSR count). The van der Waals surface area contributed by atoms with Crippen molar-refractivity contribution in [3.63, 3.8) is 0 Å². The molecule has 4 N–H and O–H groups in total. The van der Waals surface area contributed by atoms with Gasteiger partial charge in [0.1, 0.15) is 18.1 Å². The average Bonchev–Trinajstić information content (AvgIpc) is 2.72. The van der Waals surface area contributed by atoms with Crippen LogP contribution in [0.4, 0.5) is 5.82 Å². The summed E-state index contributed by atoms with van der Waals surface area (Å²) in [5.74, 6) is 0.124. The summed E-state index contributed by atoms with van der Waals surface area (Å²) in [6.07, 6.45) is 0.324. The zero-order valence-corrected chi connectivity index (χ0v) is 8.85. The number of aliphatic hydroxyl groups excluding tert-OH is 1. The van der Waals surface area contributed by atoms with Crippen molar-refractivity contribution in [2.24, 2.45) is 5.16 Å². The number of anilines is 1. The van der Waals surface area contributed by atoms with E-state index in [0.717, 1.165) is 0 Å². The zero-order valence-electron chi connectivity index (χ0n) is 8.85. The Balaban J connectivity index is 2.28. The van der Waals surface area contributed by atoms with E-state index in [1.165, 1.54) is 16.8 Å². The van der Waals surface area contributed by atoms with Crippen molar-refractivity contribution in [1.82, 2.24) is 9.55 Å². The average molecular weight is 240 g/mol. The topological polar surface area (TPSA) is 123 Å². The van der Waals surface area contributed by atoms with Gasteiger partial charge in [-0.05, 0) is 6.07 Å². The van der Waals surface area contributed by atoms with Gasteiger partial charge in [0, 0.05) is 12.6 Å². The minimum atomic E-state index is -0.700. The summed E-state index contributed by atoms with van der Waals surface area (Å²) in [5.41, 5.74) is 5.11. The van der Waals surface area contributed by atoms with Crippen LogP contribution in [-0.4, -0.2) is 38.3 Å². The Hall–Kier alpha value is -1.93. The lowest BCUT2D eigenvalue weighted by Gasteiger charge is -2.13. The van der Waals surface area contributed by atoms with Crippen LogP contribution in [0, 0.1) is 0 Å². The predicted molar refractivity (Wildman–Crippen MR) is 57.7 cm³/mol. The fourth-order valence-electron chi connectivity index (χ4n) is 1.69. The fourth-order valence-corrected chi connectivity index (χ4v) is 1.69. The lowest BCUT2D eigenvalue weighted by Crippen LogP contribution is -2.27. The number of ether oxygens (including phenoxy) is 1. The van der Waals surface area contributed by atoms with Gasteiger partial charge in [-0.3, -0.25) is 4.57 Å². The van der Waals surface area contributed by atoms with Gasteiger partial charge >= 0.3 is 5.69 Å². The first-order chi connectivity index (χ1) is 8.15. The van der Waals surface area contributed by atoms with Gasteiger partial charge in [-0.15, -0.1) is 0 Å². The van der Waals surface area contributed by atoms with Gasteiger partial charge < -0.3 is 20.8 Å². The Bertz CT molecular complexity index is 498. The second-order valence-electron chi connectivity index (χ2n) is 3.60. The van der Waals surface area contributed by atoms with Crippen LogP contribution >= 0.6 is 0 Å². The summed E-state index contributed by atoms with van der Waals surface area (Å²) >= 11 is 0. The molecule has 0 radical (unpaired) electrons. The Morgan fingerprint density at radius 1 is 1.71 bits per heavy atom. The molecule has 0 spiro atoms. The monoisotopic (exact) mass is 240 g/mol. The fraction of sp³-hybridized carbons (Fsp3) is 0.444. The van der Waals surface area contributed by atoms with Crippen molar-refractivity contribution in [1.29, 1.82) is 0 Å². The number of oxime groups is 1. The molecule has 1 aromatic rings. The smallest absolute Gasteiger partial charge is 0.351 e. The Morgan fingerprint density at radius 3 is 3.00 bits per heavy atom. The molecule has 1 aromatic heterocycles. The summed E-state index contributed by atoms with van der Waals surface area (Å²) in [5, 5.41) is 20.8. The molecule has 2 atom stereocenters. The van der Waals surface area contributed by atoms with Crippen molar-refractivity contribution >= 4 is 11.5 Å². The molecule has 8 heteroatoms. The van der Waals surface area contributed by atoms with Crippen molar-refractivity contribution in [3.8, 4) is 0 Å². The van der Waals surface area contributed by atoms with Crippen LogP contribution in [-0.2, 0) is 4.74 Å². The van der Waals surface area contributed by atoms with Crippen LogP contribution in [0.1, 0.15) is 12.6 Å². The highest BCUT2D eigenvalue weighted by Crippen LogP contribution is 2.24. The van der Waals surface area contributed by atoms with Crippen LogP contribution < -0.4 is 11.4 Å². The van der Waals surface area contributed by atoms with Gasteiger partial charge in [0.15, 0.2) is 0 Å². The first kappa shape index (κ1) is 11.6. The van der Waals surface area contributed by atoms with Crippen LogP contribution in [0.25, 0.3) is 0 Å². The molecule has 17 heavy (non-hydrogen) atoms. The molecule has 1 aliphatic rings. The van der Waals surface area contributed by atoms with Gasteiger partial charge in [-0.25, -0.2) is 4.79 Å². The second-order valence-corrected chi connectivity index (χ2v) is 3.60. The van der Waals surface area contributed by atoms with Crippen LogP contribution in [0.15, 0.2) is 22.2 Å². The van der Waals surface area contributed by atoms with E-state index < -0.39 is 18.0 Å². The molecule has 0 amide bonds. The number of nitrogens with two attached hydrogens (primary N) is 1. The molecule has 1 saturated heterocycles. The molecule has 0 unspecified atom stereocenters. The third-order valence-electron chi connectivity index (χ3n) is 2.53. The summed E-state index contributed by atoms with van der Waals surface area (Å²) in [7, 11) is 0. The standard InChI is InChI=1S/C9H12N4O4/c10-7-1-2-13(9(15)11-7)8-3-5(12-16)6(4-14)17-8/h1-2,6,8,14,16H,3-4H2,(H2,10,11,15)/b12-5-/t6-,8-/m1/s1. The summed E-state index contributed by atoms with van der Waals surface area (Å²) in [6.45, 7) is -0.312. The van der Waals surface area contributed by atoms with Gasteiger partial charge in [0.25, 0.3) is 0 Å². The first-order valence-electron chi connectivity index (χ1n) is 4.97. The molecule has 0 bridgehead atoms. The minimum Gasteiger partial charge on any atom is -0.411 e. The predicted octanol–water partition coefficient (Wildman–Crippen LogP) is -1.06. The summed E-state index contributed by atoms with van der Waals surface area (Å²) in [6, 6.07) is 1.47. The number of aliphatic hydroxyl groups is 1. The van der Waals surface area contributed by atoms with Crippen molar-refractivity contribution in [2.45, 2.75) is 18.8 Å². The Kier molecular flexibility index (Phi) is 3.07. The molecule has 8 nitrogen and oxygen atoms in total. The number of rotatable bonds is 2. The van der Waals surface area contributed by atoms with Gasteiger partial charge in [0.2, 0.25) is 0 Å². The second kappa shape index (κ2) is 4.52. The SMILES string of the molecule is Nc1ccn([C@H]2C/C(=N/O)[C@@H](CO)O2)c(=O)n1. The first-order valence-corrected chi connectivity index (χ1v) is 4.97. The number of hydrogen-bond acceptors (Lipinski definition) is 7. The molecule has 92 valence electrons. The maximum absolute atomic E-state index is 11.5. The maximum Gasteiger partial charge on any atom is 0.351 e. The van der Waals surface area contributed by atoms with Crippen LogP contribution in [0.2, 0.25) is 0 Å². The molecule has 2 heterocycles. The van der Waals surface area contributed by atoms with E-state index in [9.17, 15) is 4.79 Å². The highest BCUT2D eigenvalue weighted by Gasteiger charge is 2.33. The van der Waals surface area contributed by atoms with E-state index in [2.05, 4.69) is 10.1 Å². The third-order valence-corrected chi connectivity index (χ3v) is 2.53. The number of nitrogens with zero attached hydrogens (tertiary/aromatic N) is 3. The largest absolute Gasteiger partial charge is 0.411 e. The summed E-state index contributed by atoms with van der Waals surface area (Å²) in [4.78, 5) is 15.1. The van der Waals surface area contributed by atoms with Crippen molar-refractivity contribution in [3.05, 3.63) is 22.7 Å². The van der Waals surface area contributed by atoms with Crippen LogP contribution in [0.5, 0.6) is 0 Å². The summed E-state index contributed by atoms with van der Waals surface area (Å²) < 4.78 is 6.60. The molecule has 0 aliphatic carbocycles. The molecular formula is C9H12N4O4. The van der Waals surface area contributed by atoms with E-state index in [0.29, 0.717) is 5.71 Å². The molecule has 0 saturated carbocycles. The Labute approximate surface area is 96.0 Å². The van der Waals surface area contributed by atoms with Crippen LogP contribution in [0.3, 0.4) is 0 Å². The van der Waals surface area contributed by atoms with E-state index in [1.54, 1.807) is 0 Å². The van der Waals surface area contributed by atoms with E-state index >= 15 is 0 Å². The third kappa shape index (κ3) is 2.12. The number of hydrogen-bond donors (Lipinski definition) is 3. The van der Waals surface area contributed by atoms with Crippen molar-refractivity contribution in [2.75, 3.05) is 12.3 Å². The number of aromatic nitrogens is 2. The van der Waals surface area contributed by atoms with Gasteiger partial charge in [0.05, 0.1) is 12.3 Å². The molecule has 1 aliphatic heterocycles. The number of nitrogen functional groups attached to an aromatic ring is 1. The van der Waals surface area contributed by atoms with E-state index in [4.69, 9.17) is 20.8 Å². The lowest BCUT2D eigenvalue weighted by atomic mass is 10.2. The molecule has 1 fully saturated rings. The van der Waals surface area contributed by atoms with E-state index in [1.807, 2.05) is 0 Å². The quantitative estimate of drug-likeness (QED) is 0.447. The highest BCUT2D eigenvalue weighted by molar-refractivity contribution is 5.90. The van der Waals surface area contributed by atoms with Gasteiger partial charge in [-0.1, -0.05) is 5.16 Å². The van der Waals surface area contributed by atoms with Gasteiger partial charge in [-0.2, -0.15) is 4.98 Å². The normalized spacial score (nSPS) is 26.5. The lowest BCUT2D eigenvalue weighted by molar-refractivity contribution is -0.0151. The highest BCUT2D eigenvalue weighted by atomic mass is 16.5. The minimum absolute atomic E-state index is 0.124. The molecular weight excluding hydrogens is 228 g/mol. The Morgan fingerprint density at radius 2 is 2.47 bits per heavy atom. The zero-order chi connectivity index (χ0) is 12.4. The molecule has 0 aromatic carbocycles. The van der Waals surface area contributed by atoms with Crippen molar-refractivity contribution < 1.29 is 15.1 Å². The maximum atomic E-state index is 11.5.